The highest BCUT2D eigenvalue weighted by molar-refractivity contribution is 7.73. The van der Waals surface area contributed by atoms with Gasteiger partial charge in [-0.3, -0.25) is 4.18 Å². The lowest BCUT2D eigenvalue weighted by atomic mass is 10.1. The van der Waals surface area contributed by atoms with Crippen LogP contribution in [-0.4, -0.2) is 17.4 Å². The van der Waals surface area contributed by atoms with E-state index in [4.69, 9.17) is 0 Å². The molecule has 0 amide bonds. The van der Waals surface area contributed by atoms with Gasteiger partial charge < -0.3 is 5.32 Å². The Balaban J connectivity index is 2.25. The van der Waals surface area contributed by atoms with Crippen molar-refractivity contribution < 1.29 is 12.9 Å². The van der Waals surface area contributed by atoms with Crippen LogP contribution in [0, 0.1) is 0 Å². The number of nitrogens with one attached hydrogen (secondary N) is 1. The molecule has 0 saturated carbocycles. The summed E-state index contributed by atoms with van der Waals surface area (Å²) in [5.41, 5.74) is 1.17. The second-order valence-corrected chi connectivity index (χ2v) is 3.76. The summed E-state index contributed by atoms with van der Waals surface area (Å²) in [5, 5.41) is 3.16. The highest BCUT2D eigenvalue weighted by atomic mass is 32.2. The van der Waals surface area contributed by atoms with Crippen molar-refractivity contribution in [3.05, 3.63) is 35.9 Å². The summed E-state index contributed by atoms with van der Waals surface area (Å²) in [6.45, 7) is 2.68. The van der Waals surface area contributed by atoms with Crippen molar-refractivity contribution in [3.8, 4) is 0 Å². The van der Waals surface area contributed by atoms with Gasteiger partial charge in [0.25, 0.3) is 0 Å². The van der Waals surface area contributed by atoms with E-state index in [2.05, 4.69) is 9.50 Å². The average Bonchev–Trinajstić information content (AvgIpc) is 2.25. The molecule has 1 rings (SSSR count). The Hall–Kier alpha value is -0.750. The summed E-state index contributed by atoms with van der Waals surface area (Å²) in [5.74, 6) is 0. The standard InChI is InChI=1S/C10H14NO3S/c1-9(10-5-3-2-4-6-10)11-7-8-14-15(12)13/h2-6,9,11H,7-8H2,1H3/t9-/m1/s1. The van der Waals surface area contributed by atoms with Gasteiger partial charge in [-0.2, -0.15) is 4.21 Å². The highest BCUT2D eigenvalue weighted by Gasteiger charge is 2.03. The molecule has 1 aromatic carbocycles. The van der Waals surface area contributed by atoms with E-state index in [1.165, 1.54) is 5.56 Å². The Labute approximate surface area is 92.1 Å². The molecule has 0 aliphatic carbocycles. The lowest BCUT2D eigenvalue weighted by molar-refractivity contribution is 0.278. The second kappa shape index (κ2) is 6.68. The van der Waals surface area contributed by atoms with E-state index in [1.807, 2.05) is 37.3 Å². The van der Waals surface area contributed by atoms with Crippen LogP contribution in [0.2, 0.25) is 0 Å². The first-order valence-corrected chi connectivity index (χ1v) is 5.71. The summed E-state index contributed by atoms with van der Waals surface area (Å²) in [6, 6.07) is 10.1. The van der Waals surface area contributed by atoms with Crippen molar-refractivity contribution in [3.63, 3.8) is 0 Å². The van der Waals surface area contributed by atoms with E-state index in [-0.39, 0.29) is 12.6 Å². The van der Waals surface area contributed by atoms with Gasteiger partial charge in [-0.05, 0) is 12.5 Å². The Morgan fingerprint density at radius 3 is 2.67 bits per heavy atom. The molecule has 1 radical (unpaired) electrons. The van der Waals surface area contributed by atoms with Crippen molar-refractivity contribution in [2.75, 3.05) is 13.2 Å². The van der Waals surface area contributed by atoms with Crippen LogP contribution in [0.15, 0.2) is 30.3 Å². The molecule has 0 aliphatic heterocycles. The molecule has 0 bridgehead atoms. The first kappa shape index (κ1) is 12.3. The molecule has 0 heterocycles. The summed E-state index contributed by atoms with van der Waals surface area (Å²) in [7, 11) is 0. The van der Waals surface area contributed by atoms with Crippen molar-refractivity contribution in [1.29, 1.82) is 0 Å². The molecule has 15 heavy (non-hydrogen) atoms. The van der Waals surface area contributed by atoms with Crippen LogP contribution in [0.3, 0.4) is 0 Å². The van der Waals surface area contributed by atoms with Gasteiger partial charge in [0, 0.05) is 12.6 Å². The number of benzene rings is 1. The molecule has 1 aromatic rings. The molecule has 0 aromatic heterocycles. The molecule has 1 unspecified atom stereocenters. The van der Waals surface area contributed by atoms with Crippen molar-refractivity contribution >= 4 is 11.4 Å². The fourth-order valence-corrected chi connectivity index (χ4v) is 1.46. The lowest BCUT2D eigenvalue weighted by Gasteiger charge is -2.13. The zero-order valence-electron chi connectivity index (χ0n) is 8.51. The van der Waals surface area contributed by atoms with Crippen LogP contribution in [0.1, 0.15) is 18.5 Å². The first-order chi connectivity index (χ1) is 7.20. The predicted octanol–water partition coefficient (Wildman–Crippen LogP) is 1.36. The zero-order chi connectivity index (χ0) is 11.1. The maximum absolute atomic E-state index is 10.1. The molecule has 83 valence electrons. The summed E-state index contributed by atoms with van der Waals surface area (Å²) in [6.07, 6.45) is 0. The summed E-state index contributed by atoms with van der Waals surface area (Å²) < 4.78 is 24.5. The molecule has 2 atom stereocenters. The maximum Gasteiger partial charge on any atom is 0.334 e. The third kappa shape index (κ3) is 5.03. The Bertz CT molecular complexity index is 305. The van der Waals surface area contributed by atoms with Gasteiger partial charge in [-0.25, -0.2) is 0 Å². The number of rotatable bonds is 6. The minimum absolute atomic E-state index is 0.160. The van der Waals surface area contributed by atoms with Crippen LogP contribution in [0.4, 0.5) is 0 Å². The van der Waals surface area contributed by atoms with Crippen LogP contribution in [-0.2, 0) is 20.1 Å². The molecular formula is C10H14NO3S. The Morgan fingerprint density at radius 1 is 1.40 bits per heavy atom. The smallest absolute Gasteiger partial charge is 0.308 e. The van der Waals surface area contributed by atoms with E-state index < -0.39 is 11.4 Å². The SMILES string of the molecule is C[C@@H](NCCOS([O])=O)c1ccccc1. The third-order valence-corrected chi connectivity index (χ3v) is 2.39. The first-order valence-electron chi connectivity index (χ1n) is 4.71. The van der Waals surface area contributed by atoms with E-state index in [0.717, 1.165) is 0 Å². The highest BCUT2D eigenvalue weighted by Crippen LogP contribution is 2.10. The Kier molecular flexibility index (Phi) is 5.49. The van der Waals surface area contributed by atoms with Crippen LogP contribution < -0.4 is 5.32 Å². The quantitative estimate of drug-likeness (QED) is 0.748. The fraction of sp³-hybridized carbons (Fsp3) is 0.400. The molecule has 1 N–H and O–H groups in total. The van der Waals surface area contributed by atoms with Gasteiger partial charge in [0.1, 0.15) is 0 Å². The predicted molar refractivity (Wildman–Crippen MR) is 57.6 cm³/mol. The van der Waals surface area contributed by atoms with E-state index >= 15 is 0 Å². The van der Waals surface area contributed by atoms with Crippen LogP contribution in [0.5, 0.6) is 0 Å². The molecule has 0 fully saturated rings. The van der Waals surface area contributed by atoms with Gasteiger partial charge in [0.2, 0.25) is 0 Å². The van der Waals surface area contributed by atoms with Crippen molar-refractivity contribution in [2.45, 2.75) is 13.0 Å². The van der Waals surface area contributed by atoms with Gasteiger partial charge >= 0.3 is 11.4 Å². The minimum Gasteiger partial charge on any atom is -0.308 e. The third-order valence-electron chi connectivity index (χ3n) is 2.03. The minimum atomic E-state index is -2.41. The van der Waals surface area contributed by atoms with Crippen molar-refractivity contribution in [1.82, 2.24) is 5.32 Å². The number of hydrogen-bond acceptors (Lipinski definition) is 3. The molecule has 5 heteroatoms. The van der Waals surface area contributed by atoms with Gasteiger partial charge in [0.05, 0.1) is 6.61 Å². The monoisotopic (exact) mass is 228 g/mol. The molecule has 4 nitrogen and oxygen atoms in total. The van der Waals surface area contributed by atoms with E-state index in [1.54, 1.807) is 0 Å². The van der Waals surface area contributed by atoms with E-state index in [9.17, 15) is 8.76 Å². The molecule has 0 saturated heterocycles. The second-order valence-electron chi connectivity index (χ2n) is 3.11. The number of hydrogen-bond donors (Lipinski definition) is 1. The fourth-order valence-electron chi connectivity index (χ4n) is 1.24. The largest absolute Gasteiger partial charge is 0.334 e. The van der Waals surface area contributed by atoms with Gasteiger partial charge in [-0.1, -0.05) is 34.9 Å². The maximum atomic E-state index is 10.1. The van der Waals surface area contributed by atoms with Gasteiger partial charge in [0.15, 0.2) is 0 Å². The lowest BCUT2D eigenvalue weighted by Crippen LogP contribution is -2.23. The van der Waals surface area contributed by atoms with E-state index in [0.29, 0.717) is 6.54 Å². The Morgan fingerprint density at radius 2 is 2.07 bits per heavy atom. The van der Waals surface area contributed by atoms with Gasteiger partial charge in [-0.15, -0.1) is 0 Å². The normalized spacial score (nSPS) is 14.8. The van der Waals surface area contributed by atoms with Crippen molar-refractivity contribution in [2.24, 2.45) is 0 Å². The molecule has 0 aliphatic rings. The summed E-state index contributed by atoms with van der Waals surface area (Å²) in [4.78, 5) is 0. The topological polar surface area (TPSA) is 58.2 Å². The average molecular weight is 228 g/mol. The molecular weight excluding hydrogens is 214 g/mol. The zero-order valence-corrected chi connectivity index (χ0v) is 9.33. The van der Waals surface area contributed by atoms with Crippen LogP contribution >= 0.6 is 0 Å². The molecule has 0 spiro atoms. The summed E-state index contributed by atoms with van der Waals surface area (Å²) >= 11 is -2.41. The van der Waals surface area contributed by atoms with Crippen LogP contribution in [0.25, 0.3) is 0 Å².